The zero-order valence-corrected chi connectivity index (χ0v) is 7.90. The fourth-order valence-corrected chi connectivity index (χ4v) is 1.83. The Hall–Kier alpha value is -0.260. The van der Waals surface area contributed by atoms with Gasteiger partial charge < -0.3 is 0 Å². The van der Waals surface area contributed by atoms with E-state index in [1.807, 2.05) is 0 Å². The Kier molecular flexibility index (Phi) is 3.68. The van der Waals surface area contributed by atoms with Crippen molar-refractivity contribution in [2.75, 3.05) is 0 Å². The molecule has 1 atom stereocenters. The fraction of sp³-hybridized carbons (Fsp3) is 0.818. The van der Waals surface area contributed by atoms with Crippen molar-refractivity contribution in [2.24, 2.45) is 5.92 Å². The first-order chi connectivity index (χ1) is 5.33. The zero-order chi connectivity index (χ0) is 8.10. The van der Waals surface area contributed by atoms with Crippen molar-refractivity contribution in [3.63, 3.8) is 0 Å². The number of hydrogen-bond donors (Lipinski definition) is 0. The van der Waals surface area contributed by atoms with E-state index in [1.54, 1.807) is 5.57 Å². The summed E-state index contributed by atoms with van der Waals surface area (Å²) in [7, 11) is 0. The summed E-state index contributed by atoms with van der Waals surface area (Å²) in [4.78, 5) is 0. The highest BCUT2D eigenvalue weighted by atomic mass is 14.1. The first-order valence-corrected chi connectivity index (χ1v) is 5.02. The molecule has 0 nitrogen and oxygen atoms in total. The normalized spacial score (nSPS) is 24.9. The van der Waals surface area contributed by atoms with Crippen molar-refractivity contribution in [2.45, 2.75) is 52.4 Å². The van der Waals surface area contributed by atoms with Crippen LogP contribution in [0.1, 0.15) is 52.4 Å². The van der Waals surface area contributed by atoms with Gasteiger partial charge in [-0.1, -0.05) is 31.9 Å². The lowest BCUT2D eigenvalue weighted by molar-refractivity contribution is 0.551. The summed E-state index contributed by atoms with van der Waals surface area (Å²) in [5.74, 6) is 0.857. The topological polar surface area (TPSA) is 0 Å². The zero-order valence-electron chi connectivity index (χ0n) is 7.90. The van der Waals surface area contributed by atoms with Gasteiger partial charge in [0.2, 0.25) is 0 Å². The highest BCUT2D eigenvalue weighted by Gasteiger charge is 2.08. The van der Waals surface area contributed by atoms with Crippen LogP contribution >= 0.6 is 0 Å². The molecule has 0 aliphatic heterocycles. The Balaban J connectivity index is 2.31. The van der Waals surface area contributed by atoms with E-state index in [0.717, 1.165) is 5.92 Å². The number of hydrogen-bond acceptors (Lipinski definition) is 0. The van der Waals surface area contributed by atoms with Crippen LogP contribution in [0, 0.1) is 5.92 Å². The van der Waals surface area contributed by atoms with Crippen LogP contribution in [-0.2, 0) is 0 Å². The van der Waals surface area contributed by atoms with Crippen LogP contribution in [0.25, 0.3) is 0 Å². The largest absolute Gasteiger partial charge is 0.0825 e. The van der Waals surface area contributed by atoms with E-state index < -0.39 is 0 Å². The van der Waals surface area contributed by atoms with E-state index in [1.165, 1.54) is 38.5 Å². The first kappa shape index (κ1) is 8.83. The van der Waals surface area contributed by atoms with Gasteiger partial charge in [0.1, 0.15) is 0 Å². The molecule has 64 valence electrons. The Morgan fingerprint density at radius 1 is 1.55 bits per heavy atom. The van der Waals surface area contributed by atoms with Crippen molar-refractivity contribution < 1.29 is 0 Å². The molecule has 0 fully saturated rings. The standard InChI is InChI=1S/C11H20/c1-3-4-7-11-8-5-6-10(2)9-11/h9-10H,3-8H2,1-2H3. The smallest absolute Gasteiger partial charge is 0.0259 e. The van der Waals surface area contributed by atoms with Gasteiger partial charge in [-0.2, -0.15) is 0 Å². The minimum absolute atomic E-state index is 0.857. The molecule has 0 radical (unpaired) electrons. The average Bonchev–Trinajstić information content (AvgIpc) is 2.01. The van der Waals surface area contributed by atoms with Crippen LogP contribution in [0.4, 0.5) is 0 Å². The van der Waals surface area contributed by atoms with Crippen LogP contribution in [-0.4, -0.2) is 0 Å². The molecule has 0 aromatic carbocycles. The monoisotopic (exact) mass is 152 g/mol. The quantitative estimate of drug-likeness (QED) is 0.538. The summed E-state index contributed by atoms with van der Waals surface area (Å²) in [5.41, 5.74) is 1.73. The summed E-state index contributed by atoms with van der Waals surface area (Å²) in [6.45, 7) is 4.61. The highest BCUT2D eigenvalue weighted by molar-refractivity contribution is 5.06. The van der Waals surface area contributed by atoms with E-state index in [9.17, 15) is 0 Å². The molecular weight excluding hydrogens is 132 g/mol. The third-order valence-corrected chi connectivity index (χ3v) is 2.53. The lowest BCUT2D eigenvalue weighted by Crippen LogP contribution is -2.00. The van der Waals surface area contributed by atoms with Crippen molar-refractivity contribution in [1.29, 1.82) is 0 Å². The third-order valence-electron chi connectivity index (χ3n) is 2.53. The molecule has 0 heterocycles. The number of rotatable bonds is 3. The second-order valence-corrected chi connectivity index (χ2v) is 3.80. The molecule has 0 heteroatoms. The molecule has 0 N–H and O–H groups in total. The molecular formula is C11H20. The highest BCUT2D eigenvalue weighted by Crippen LogP contribution is 2.25. The molecule has 0 saturated heterocycles. The van der Waals surface area contributed by atoms with E-state index in [-0.39, 0.29) is 0 Å². The fourth-order valence-electron chi connectivity index (χ4n) is 1.83. The minimum atomic E-state index is 0.857. The summed E-state index contributed by atoms with van der Waals surface area (Å²) >= 11 is 0. The van der Waals surface area contributed by atoms with Crippen molar-refractivity contribution >= 4 is 0 Å². The van der Waals surface area contributed by atoms with Crippen LogP contribution in [0.15, 0.2) is 11.6 Å². The molecule has 0 amide bonds. The molecule has 1 aliphatic rings. The summed E-state index contributed by atoms with van der Waals surface area (Å²) < 4.78 is 0. The Morgan fingerprint density at radius 3 is 3.00 bits per heavy atom. The maximum absolute atomic E-state index is 2.50. The van der Waals surface area contributed by atoms with Crippen LogP contribution in [0.3, 0.4) is 0 Å². The summed E-state index contributed by atoms with van der Waals surface area (Å²) in [6, 6.07) is 0. The number of allylic oxidation sites excluding steroid dienone is 2. The molecule has 1 unspecified atom stereocenters. The molecule has 0 spiro atoms. The summed E-state index contributed by atoms with van der Waals surface area (Å²) in [6.07, 6.45) is 10.8. The lowest BCUT2D eigenvalue weighted by Gasteiger charge is -2.17. The second kappa shape index (κ2) is 4.58. The summed E-state index contributed by atoms with van der Waals surface area (Å²) in [5, 5.41) is 0. The molecule has 0 aromatic rings. The molecule has 1 rings (SSSR count). The van der Waals surface area contributed by atoms with Crippen molar-refractivity contribution in [3.8, 4) is 0 Å². The van der Waals surface area contributed by atoms with Gasteiger partial charge in [-0.05, 0) is 38.0 Å². The van der Waals surface area contributed by atoms with Gasteiger partial charge in [-0.15, -0.1) is 0 Å². The Bertz CT molecular complexity index is 133. The van der Waals surface area contributed by atoms with Crippen LogP contribution < -0.4 is 0 Å². The van der Waals surface area contributed by atoms with E-state index in [0.29, 0.717) is 0 Å². The van der Waals surface area contributed by atoms with Gasteiger partial charge >= 0.3 is 0 Å². The Morgan fingerprint density at radius 2 is 2.36 bits per heavy atom. The molecule has 11 heavy (non-hydrogen) atoms. The van der Waals surface area contributed by atoms with Gasteiger partial charge in [0.25, 0.3) is 0 Å². The van der Waals surface area contributed by atoms with E-state index in [2.05, 4.69) is 19.9 Å². The number of unbranched alkanes of at least 4 members (excludes halogenated alkanes) is 1. The third kappa shape index (κ3) is 3.09. The SMILES string of the molecule is CCCCC1=CC(C)CCC1. The van der Waals surface area contributed by atoms with Gasteiger partial charge in [0, 0.05) is 0 Å². The van der Waals surface area contributed by atoms with Crippen molar-refractivity contribution in [3.05, 3.63) is 11.6 Å². The van der Waals surface area contributed by atoms with Crippen molar-refractivity contribution in [1.82, 2.24) is 0 Å². The average molecular weight is 152 g/mol. The van der Waals surface area contributed by atoms with E-state index in [4.69, 9.17) is 0 Å². The minimum Gasteiger partial charge on any atom is -0.0825 e. The molecule has 0 aromatic heterocycles. The predicted octanol–water partition coefficient (Wildman–Crippen LogP) is 3.92. The maximum Gasteiger partial charge on any atom is -0.0259 e. The molecule has 0 saturated carbocycles. The van der Waals surface area contributed by atoms with Gasteiger partial charge in [-0.3, -0.25) is 0 Å². The van der Waals surface area contributed by atoms with Gasteiger partial charge in [0.05, 0.1) is 0 Å². The lowest BCUT2D eigenvalue weighted by atomic mass is 9.89. The van der Waals surface area contributed by atoms with Crippen LogP contribution in [0.2, 0.25) is 0 Å². The second-order valence-electron chi connectivity index (χ2n) is 3.80. The van der Waals surface area contributed by atoms with Gasteiger partial charge in [0.15, 0.2) is 0 Å². The predicted molar refractivity (Wildman–Crippen MR) is 50.6 cm³/mol. The molecule has 1 aliphatic carbocycles. The Labute approximate surface area is 70.7 Å². The first-order valence-electron chi connectivity index (χ1n) is 5.02. The van der Waals surface area contributed by atoms with E-state index >= 15 is 0 Å². The maximum atomic E-state index is 2.50. The van der Waals surface area contributed by atoms with Crippen LogP contribution in [0.5, 0.6) is 0 Å². The molecule has 0 bridgehead atoms. The van der Waals surface area contributed by atoms with Gasteiger partial charge in [-0.25, -0.2) is 0 Å².